The van der Waals surface area contributed by atoms with Crippen LogP contribution in [0.5, 0.6) is 11.5 Å². The quantitative estimate of drug-likeness (QED) is 0.521. The molecule has 0 unspecified atom stereocenters. The summed E-state index contributed by atoms with van der Waals surface area (Å²) < 4.78 is 11.6. The standard InChI is InChI=1S/C20H24Cl3NO3/c1-3-14(11-25)24-10-13-8-18(23)20(19(9-13)26-4-2)27-12-15-16(21)6-5-7-17(15)22/h5-9,14,24-25H,3-4,10-12H2,1-2H3/t14-/m1/s1. The molecule has 0 fully saturated rings. The van der Waals surface area contributed by atoms with Gasteiger partial charge in [0, 0.05) is 28.2 Å². The largest absolute Gasteiger partial charge is 0.490 e. The SMILES string of the molecule is CCOc1cc(CN[C@H](CC)CO)cc(Cl)c1OCc1c(Cl)cccc1Cl. The Morgan fingerprint density at radius 3 is 2.33 bits per heavy atom. The lowest BCUT2D eigenvalue weighted by Crippen LogP contribution is -2.31. The van der Waals surface area contributed by atoms with Gasteiger partial charge in [-0.25, -0.2) is 0 Å². The average molecular weight is 433 g/mol. The molecule has 7 heteroatoms. The van der Waals surface area contributed by atoms with E-state index < -0.39 is 0 Å². The van der Waals surface area contributed by atoms with Crippen molar-refractivity contribution >= 4 is 34.8 Å². The van der Waals surface area contributed by atoms with Crippen LogP contribution < -0.4 is 14.8 Å². The number of hydrogen-bond acceptors (Lipinski definition) is 4. The molecular weight excluding hydrogens is 409 g/mol. The molecule has 0 radical (unpaired) electrons. The van der Waals surface area contributed by atoms with Crippen LogP contribution in [0.3, 0.4) is 0 Å². The van der Waals surface area contributed by atoms with Gasteiger partial charge in [-0.3, -0.25) is 0 Å². The summed E-state index contributed by atoms with van der Waals surface area (Å²) in [6.45, 7) is 5.22. The third-order valence-corrected chi connectivity index (χ3v) is 5.09. The van der Waals surface area contributed by atoms with Crippen molar-refractivity contribution in [2.75, 3.05) is 13.2 Å². The Kier molecular flexibility index (Phi) is 9.00. The van der Waals surface area contributed by atoms with Gasteiger partial charge in [0.2, 0.25) is 0 Å². The second kappa shape index (κ2) is 11.0. The van der Waals surface area contributed by atoms with Gasteiger partial charge in [-0.2, -0.15) is 0 Å². The summed E-state index contributed by atoms with van der Waals surface area (Å²) in [6, 6.07) is 9.05. The number of benzene rings is 2. The van der Waals surface area contributed by atoms with Crippen LogP contribution in [-0.2, 0) is 13.2 Å². The first-order valence-electron chi connectivity index (χ1n) is 8.85. The molecule has 148 valence electrons. The van der Waals surface area contributed by atoms with Crippen LogP contribution in [0.15, 0.2) is 30.3 Å². The molecule has 2 N–H and O–H groups in total. The summed E-state index contributed by atoms with van der Waals surface area (Å²) in [6.07, 6.45) is 0.836. The van der Waals surface area contributed by atoms with Crippen molar-refractivity contribution in [3.05, 3.63) is 56.5 Å². The van der Waals surface area contributed by atoms with E-state index in [1.54, 1.807) is 18.2 Å². The van der Waals surface area contributed by atoms with Crippen molar-refractivity contribution in [2.45, 2.75) is 39.5 Å². The maximum Gasteiger partial charge on any atom is 0.180 e. The molecule has 0 aromatic heterocycles. The van der Waals surface area contributed by atoms with Crippen molar-refractivity contribution in [2.24, 2.45) is 0 Å². The Morgan fingerprint density at radius 1 is 1.04 bits per heavy atom. The lowest BCUT2D eigenvalue weighted by Gasteiger charge is -2.18. The second-order valence-electron chi connectivity index (χ2n) is 6.00. The van der Waals surface area contributed by atoms with Crippen LogP contribution in [0.1, 0.15) is 31.4 Å². The van der Waals surface area contributed by atoms with Crippen LogP contribution in [0.4, 0.5) is 0 Å². The Balaban J connectivity index is 2.20. The van der Waals surface area contributed by atoms with E-state index in [1.165, 1.54) is 0 Å². The first kappa shape index (κ1) is 22.1. The highest BCUT2D eigenvalue weighted by molar-refractivity contribution is 6.36. The van der Waals surface area contributed by atoms with Crippen molar-refractivity contribution in [3.8, 4) is 11.5 Å². The Bertz CT molecular complexity index is 731. The highest BCUT2D eigenvalue weighted by Crippen LogP contribution is 2.38. The summed E-state index contributed by atoms with van der Waals surface area (Å²) in [5, 5.41) is 14.1. The molecule has 1 atom stereocenters. The fourth-order valence-electron chi connectivity index (χ4n) is 2.54. The van der Waals surface area contributed by atoms with E-state index >= 15 is 0 Å². The van der Waals surface area contributed by atoms with Crippen molar-refractivity contribution in [1.29, 1.82) is 0 Å². The van der Waals surface area contributed by atoms with E-state index in [0.717, 1.165) is 12.0 Å². The van der Waals surface area contributed by atoms with E-state index in [-0.39, 0.29) is 19.3 Å². The van der Waals surface area contributed by atoms with Gasteiger partial charge in [0.05, 0.1) is 18.2 Å². The zero-order valence-electron chi connectivity index (χ0n) is 15.4. The predicted molar refractivity (Wildman–Crippen MR) is 111 cm³/mol. The third-order valence-electron chi connectivity index (χ3n) is 4.10. The molecule has 0 spiro atoms. The summed E-state index contributed by atoms with van der Waals surface area (Å²) in [5.41, 5.74) is 1.64. The molecule has 2 rings (SSSR count). The topological polar surface area (TPSA) is 50.7 Å². The monoisotopic (exact) mass is 431 g/mol. The van der Waals surface area contributed by atoms with Gasteiger partial charge in [0.25, 0.3) is 0 Å². The zero-order chi connectivity index (χ0) is 19.8. The van der Waals surface area contributed by atoms with Gasteiger partial charge >= 0.3 is 0 Å². The van der Waals surface area contributed by atoms with E-state index in [1.807, 2.05) is 26.0 Å². The third kappa shape index (κ3) is 6.16. The highest BCUT2D eigenvalue weighted by atomic mass is 35.5. The van der Waals surface area contributed by atoms with Crippen LogP contribution in [0.2, 0.25) is 15.1 Å². The zero-order valence-corrected chi connectivity index (χ0v) is 17.7. The fraction of sp³-hybridized carbons (Fsp3) is 0.400. The van der Waals surface area contributed by atoms with Crippen LogP contribution in [0, 0.1) is 0 Å². The maximum absolute atomic E-state index is 9.31. The molecule has 0 aliphatic carbocycles. The molecule has 0 aliphatic rings. The number of nitrogens with one attached hydrogen (secondary N) is 1. The van der Waals surface area contributed by atoms with Gasteiger partial charge in [-0.05, 0) is 43.2 Å². The smallest absolute Gasteiger partial charge is 0.180 e. The maximum atomic E-state index is 9.31. The molecule has 0 aliphatic heterocycles. The predicted octanol–water partition coefficient (Wildman–Crippen LogP) is 5.49. The van der Waals surface area contributed by atoms with E-state index in [4.69, 9.17) is 44.3 Å². The molecule has 2 aromatic carbocycles. The number of halogens is 3. The Labute approximate surface area is 175 Å². The molecule has 0 saturated heterocycles. The minimum absolute atomic E-state index is 0.0395. The van der Waals surface area contributed by atoms with E-state index in [9.17, 15) is 5.11 Å². The molecular formula is C20H24Cl3NO3. The Morgan fingerprint density at radius 2 is 1.74 bits per heavy atom. The second-order valence-corrected chi connectivity index (χ2v) is 7.22. The molecule has 4 nitrogen and oxygen atoms in total. The molecule has 0 heterocycles. The first-order valence-corrected chi connectivity index (χ1v) is 9.98. The normalized spacial score (nSPS) is 12.1. The number of aliphatic hydroxyl groups excluding tert-OH is 1. The lowest BCUT2D eigenvalue weighted by molar-refractivity contribution is 0.238. The number of hydrogen-bond donors (Lipinski definition) is 2. The van der Waals surface area contributed by atoms with Crippen LogP contribution in [0.25, 0.3) is 0 Å². The van der Waals surface area contributed by atoms with E-state index in [2.05, 4.69) is 5.32 Å². The van der Waals surface area contributed by atoms with Gasteiger partial charge in [0.15, 0.2) is 11.5 Å². The van der Waals surface area contributed by atoms with Crippen molar-refractivity contribution in [1.82, 2.24) is 5.32 Å². The Hall–Kier alpha value is -1.17. The van der Waals surface area contributed by atoms with E-state index in [0.29, 0.717) is 45.3 Å². The molecule has 0 bridgehead atoms. The number of ether oxygens (including phenoxy) is 2. The van der Waals surface area contributed by atoms with Gasteiger partial charge < -0.3 is 19.9 Å². The molecule has 2 aromatic rings. The minimum Gasteiger partial charge on any atom is -0.490 e. The van der Waals surface area contributed by atoms with Crippen LogP contribution in [-0.4, -0.2) is 24.4 Å². The minimum atomic E-state index is 0.0395. The summed E-state index contributed by atoms with van der Waals surface area (Å²) in [5.74, 6) is 1.01. The highest BCUT2D eigenvalue weighted by Gasteiger charge is 2.15. The molecule has 0 saturated carbocycles. The number of aliphatic hydroxyl groups is 1. The van der Waals surface area contributed by atoms with Crippen molar-refractivity contribution in [3.63, 3.8) is 0 Å². The van der Waals surface area contributed by atoms with Gasteiger partial charge in [-0.1, -0.05) is 47.8 Å². The van der Waals surface area contributed by atoms with Crippen LogP contribution >= 0.6 is 34.8 Å². The van der Waals surface area contributed by atoms with Crippen molar-refractivity contribution < 1.29 is 14.6 Å². The summed E-state index contributed by atoms with van der Waals surface area (Å²) in [7, 11) is 0. The summed E-state index contributed by atoms with van der Waals surface area (Å²) in [4.78, 5) is 0. The average Bonchev–Trinajstić information content (AvgIpc) is 2.64. The first-order chi connectivity index (χ1) is 13.0. The fourth-order valence-corrected chi connectivity index (χ4v) is 3.34. The summed E-state index contributed by atoms with van der Waals surface area (Å²) >= 11 is 18.9. The molecule has 27 heavy (non-hydrogen) atoms. The number of rotatable bonds is 10. The lowest BCUT2D eigenvalue weighted by atomic mass is 10.1. The molecule has 0 amide bonds. The van der Waals surface area contributed by atoms with Gasteiger partial charge in [-0.15, -0.1) is 0 Å². The van der Waals surface area contributed by atoms with Gasteiger partial charge in [0.1, 0.15) is 6.61 Å².